The Bertz CT molecular complexity index is 1240. The van der Waals surface area contributed by atoms with Crippen LogP contribution >= 0.6 is 11.3 Å². The van der Waals surface area contributed by atoms with Crippen molar-refractivity contribution in [3.63, 3.8) is 0 Å². The predicted octanol–water partition coefficient (Wildman–Crippen LogP) is 2.58. The van der Waals surface area contributed by atoms with Gasteiger partial charge in [0.1, 0.15) is 0 Å². The monoisotopic (exact) mass is 364 g/mol. The van der Waals surface area contributed by atoms with Crippen molar-refractivity contribution in [2.75, 3.05) is 0 Å². The molecule has 2 aromatic carbocycles. The van der Waals surface area contributed by atoms with Crippen LogP contribution in [0.4, 0.5) is 5.69 Å². The molecule has 7 nitrogen and oxygen atoms in total. The summed E-state index contributed by atoms with van der Waals surface area (Å²) in [5, 5.41) is 15.2. The van der Waals surface area contributed by atoms with E-state index in [4.69, 9.17) is 0 Å². The summed E-state index contributed by atoms with van der Waals surface area (Å²) in [6.45, 7) is 1.99. The number of aromatic nitrogens is 3. The van der Waals surface area contributed by atoms with Gasteiger partial charge in [-0.25, -0.2) is 0 Å². The molecular formula is C18H12N4O3S. The largest absolute Gasteiger partial charge is 0.291 e. The molecule has 0 unspecified atom stereocenters. The van der Waals surface area contributed by atoms with Gasteiger partial charge in [0.05, 0.1) is 9.46 Å². The normalized spacial score (nSPS) is 12.0. The van der Waals surface area contributed by atoms with Gasteiger partial charge in [-0.1, -0.05) is 53.3 Å². The number of nitro benzene ring substituents is 1. The van der Waals surface area contributed by atoms with Crippen LogP contribution < -0.4 is 10.1 Å². The van der Waals surface area contributed by atoms with Crippen molar-refractivity contribution < 1.29 is 4.92 Å². The lowest BCUT2D eigenvalue weighted by atomic mass is 10.1. The van der Waals surface area contributed by atoms with Gasteiger partial charge in [-0.15, -0.1) is 5.10 Å². The average Bonchev–Trinajstić information content (AvgIpc) is 3.16. The maximum absolute atomic E-state index is 12.6. The van der Waals surface area contributed by atoms with Gasteiger partial charge >= 0.3 is 0 Å². The zero-order valence-corrected chi connectivity index (χ0v) is 14.4. The van der Waals surface area contributed by atoms with Gasteiger partial charge in [-0.2, -0.15) is 9.50 Å². The molecule has 4 aromatic rings. The Balaban J connectivity index is 1.78. The lowest BCUT2D eigenvalue weighted by molar-refractivity contribution is -0.384. The van der Waals surface area contributed by atoms with E-state index in [-0.39, 0.29) is 11.2 Å². The highest BCUT2D eigenvalue weighted by Gasteiger charge is 2.12. The molecule has 0 aliphatic rings. The lowest BCUT2D eigenvalue weighted by Crippen LogP contribution is -2.23. The fraction of sp³-hybridized carbons (Fsp3) is 0.0556. The molecule has 26 heavy (non-hydrogen) atoms. The number of thiazole rings is 1. The molecule has 2 heterocycles. The van der Waals surface area contributed by atoms with Gasteiger partial charge in [0.2, 0.25) is 4.96 Å². The van der Waals surface area contributed by atoms with Crippen LogP contribution in [0.25, 0.3) is 22.4 Å². The fourth-order valence-electron chi connectivity index (χ4n) is 2.54. The molecule has 2 aromatic heterocycles. The summed E-state index contributed by atoms with van der Waals surface area (Å²) >= 11 is 1.20. The standard InChI is InChI=1S/C18H12N4O3S/c1-11-5-7-13(8-6-11)16-19-18-21(20-16)17(23)15(26-18)10-12-3-2-4-14(9-12)22(24)25/h2-10H,1H3. The highest BCUT2D eigenvalue weighted by Crippen LogP contribution is 2.17. The Kier molecular flexibility index (Phi) is 3.81. The predicted molar refractivity (Wildman–Crippen MR) is 99.2 cm³/mol. The average molecular weight is 364 g/mol. The first-order valence-electron chi connectivity index (χ1n) is 7.74. The van der Waals surface area contributed by atoms with Crippen LogP contribution in [0.1, 0.15) is 11.1 Å². The number of nitrogens with zero attached hydrogens (tertiary/aromatic N) is 4. The Labute approximate surface area is 151 Å². The van der Waals surface area contributed by atoms with Gasteiger partial charge < -0.3 is 0 Å². The Morgan fingerprint density at radius 3 is 2.65 bits per heavy atom. The van der Waals surface area contributed by atoms with Gasteiger partial charge in [0.25, 0.3) is 11.2 Å². The zero-order chi connectivity index (χ0) is 18.3. The molecule has 0 aliphatic carbocycles. The molecule has 0 N–H and O–H groups in total. The van der Waals surface area contributed by atoms with Crippen LogP contribution in [-0.4, -0.2) is 19.5 Å². The van der Waals surface area contributed by atoms with Crippen LogP contribution in [0.2, 0.25) is 0 Å². The number of non-ortho nitro benzene ring substituents is 1. The Hall–Kier alpha value is -3.39. The van der Waals surface area contributed by atoms with Gasteiger partial charge in [0.15, 0.2) is 5.82 Å². The van der Waals surface area contributed by atoms with E-state index < -0.39 is 4.92 Å². The topological polar surface area (TPSA) is 90.4 Å². The molecule has 0 saturated heterocycles. The SMILES string of the molecule is Cc1ccc(-c2nc3sc(=Cc4cccc([N+](=O)[O-])c4)c(=O)n3n2)cc1. The Morgan fingerprint density at radius 2 is 1.96 bits per heavy atom. The molecule has 0 amide bonds. The molecule has 0 radical (unpaired) electrons. The summed E-state index contributed by atoms with van der Waals surface area (Å²) in [7, 11) is 0. The number of rotatable bonds is 3. The number of aryl methyl sites for hydroxylation is 1. The number of hydrogen-bond acceptors (Lipinski definition) is 6. The summed E-state index contributed by atoms with van der Waals surface area (Å²) in [6, 6.07) is 13.9. The summed E-state index contributed by atoms with van der Waals surface area (Å²) in [5.74, 6) is 0.496. The van der Waals surface area contributed by atoms with E-state index in [1.165, 1.54) is 28.0 Å². The maximum Gasteiger partial charge on any atom is 0.291 e. The highest BCUT2D eigenvalue weighted by atomic mass is 32.1. The number of fused-ring (bicyclic) bond motifs is 1. The minimum Gasteiger partial charge on any atom is -0.266 e. The van der Waals surface area contributed by atoms with Crippen LogP contribution in [0, 0.1) is 17.0 Å². The molecule has 128 valence electrons. The van der Waals surface area contributed by atoms with E-state index in [0.717, 1.165) is 11.1 Å². The third-order valence-electron chi connectivity index (χ3n) is 3.87. The van der Waals surface area contributed by atoms with Crippen LogP contribution in [0.15, 0.2) is 53.3 Å². The Morgan fingerprint density at radius 1 is 1.19 bits per heavy atom. The lowest BCUT2D eigenvalue weighted by Gasteiger charge is -1.95. The first-order valence-corrected chi connectivity index (χ1v) is 8.56. The van der Waals surface area contributed by atoms with E-state index >= 15 is 0 Å². The first-order chi connectivity index (χ1) is 12.5. The minimum atomic E-state index is -0.466. The molecule has 8 heteroatoms. The number of hydrogen-bond donors (Lipinski definition) is 0. The molecule has 0 atom stereocenters. The third kappa shape index (κ3) is 2.86. The molecular weight excluding hydrogens is 352 g/mol. The van der Waals surface area contributed by atoms with Crippen molar-refractivity contribution >= 4 is 28.1 Å². The fourth-order valence-corrected chi connectivity index (χ4v) is 3.45. The van der Waals surface area contributed by atoms with Gasteiger partial charge in [0, 0.05) is 17.7 Å². The smallest absolute Gasteiger partial charge is 0.266 e. The van der Waals surface area contributed by atoms with Crippen LogP contribution in [-0.2, 0) is 0 Å². The second kappa shape index (κ2) is 6.16. The number of nitro groups is 1. The second-order valence-corrected chi connectivity index (χ2v) is 6.77. The van der Waals surface area contributed by atoms with E-state index in [9.17, 15) is 14.9 Å². The van der Waals surface area contributed by atoms with Crippen molar-refractivity contribution in [3.8, 4) is 11.4 Å². The minimum absolute atomic E-state index is 0.0210. The van der Waals surface area contributed by atoms with E-state index in [0.29, 0.717) is 20.9 Å². The summed E-state index contributed by atoms with van der Waals surface area (Å²) in [5.41, 5.74) is 2.25. The molecule has 0 saturated carbocycles. The van der Waals surface area contributed by atoms with Gasteiger partial charge in [-0.3, -0.25) is 14.9 Å². The van der Waals surface area contributed by atoms with E-state index in [2.05, 4.69) is 10.1 Å². The van der Waals surface area contributed by atoms with Crippen molar-refractivity contribution in [1.29, 1.82) is 0 Å². The first kappa shape index (κ1) is 16.1. The summed E-state index contributed by atoms with van der Waals surface area (Å²) < 4.78 is 1.69. The summed E-state index contributed by atoms with van der Waals surface area (Å²) in [4.78, 5) is 27.9. The van der Waals surface area contributed by atoms with Crippen LogP contribution in [0.3, 0.4) is 0 Å². The molecule has 0 bridgehead atoms. The molecule has 0 aliphatic heterocycles. The summed E-state index contributed by atoms with van der Waals surface area (Å²) in [6.07, 6.45) is 1.61. The highest BCUT2D eigenvalue weighted by molar-refractivity contribution is 7.15. The quantitative estimate of drug-likeness (QED) is 0.412. The van der Waals surface area contributed by atoms with E-state index in [1.54, 1.807) is 18.2 Å². The van der Waals surface area contributed by atoms with Crippen LogP contribution in [0.5, 0.6) is 0 Å². The number of benzene rings is 2. The van der Waals surface area contributed by atoms with Crippen molar-refractivity contribution in [1.82, 2.24) is 14.6 Å². The van der Waals surface area contributed by atoms with Crippen molar-refractivity contribution in [2.45, 2.75) is 6.92 Å². The third-order valence-corrected chi connectivity index (χ3v) is 4.83. The van der Waals surface area contributed by atoms with Crippen molar-refractivity contribution in [3.05, 3.63) is 84.7 Å². The maximum atomic E-state index is 12.6. The molecule has 4 rings (SSSR count). The zero-order valence-electron chi connectivity index (χ0n) is 13.6. The van der Waals surface area contributed by atoms with Gasteiger partial charge in [-0.05, 0) is 18.6 Å². The van der Waals surface area contributed by atoms with E-state index in [1.807, 2.05) is 31.2 Å². The molecule has 0 spiro atoms. The molecule has 0 fully saturated rings. The van der Waals surface area contributed by atoms with Crippen molar-refractivity contribution in [2.24, 2.45) is 0 Å². The second-order valence-electron chi connectivity index (χ2n) is 5.76.